The molecule has 5 nitrogen and oxygen atoms in total. The normalized spacial score (nSPS) is 13.5. The van der Waals surface area contributed by atoms with Crippen LogP contribution in [0.1, 0.15) is 0 Å². The molecule has 0 spiro atoms. The average molecular weight is 415 g/mol. The predicted octanol–water partition coefficient (Wildman–Crippen LogP) is 2.90. The van der Waals surface area contributed by atoms with Crippen molar-refractivity contribution in [3.05, 3.63) is 23.2 Å². The Hall–Kier alpha value is -0.790. The van der Waals surface area contributed by atoms with Crippen LogP contribution in [-0.2, 0) is 9.59 Å². The number of carbonyl (C=O) groups is 2. The molecule has 0 aliphatic heterocycles. The van der Waals surface area contributed by atoms with Gasteiger partial charge in [0.15, 0.2) is 0 Å². The van der Waals surface area contributed by atoms with Crippen molar-refractivity contribution in [1.82, 2.24) is 0 Å². The van der Waals surface area contributed by atoms with Crippen molar-refractivity contribution in [2.24, 2.45) is 0 Å². The highest BCUT2D eigenvalue weighted by Gasteiger charge is 2.29. The van der Waals surface area contributed by atoms with Gasteiger partial charge in [-0.1, -0.05) is 43.5 Å². The second-order valence-corrected chi connectivity index (χ2v) is 5.89. The summed E-state index contributed by atoms with van der Waals surface area (Å²) in [5.74, 6) is -1.24. The summed E-state index contributed by atoms with van der Waals surface area (Å²) in [4.78, 5) is 20.7. The lowest BCUT2D eigenvalue weighted by Crippen LogP contribution is -2.34. The molecule has 8 heteroatoms. The molecular formula is C11H10Br2ClNO4. The number of carboxylic acids is 1. The van der Waals surface area contributed by atoms with Crippen molar-refractivity contribution >= 4 is 61.0 Å². The highest BCUT2D eigenvalue weighted by atomic mass is 79.9. The number of aliphatic carboxylic acids is 1. The van der Waals surface area contributed by atoms with E-state index in [1.165, 1.54) is 13.2 Å². The molecule has 0 heterocycles. The number of hydrogen-bond acceptors (Lipinski definition) is 3. The molecule has 2 N–H and O–H groups in total. The Labute approximate surface area is 131 Å². The Bertz CT molecular complexity index is 498. The number of halogens is 3. The van der Waals surface area contributed by atoms with E-state index in [1.807, 2.05) is 0 Å². The van der Waals surface area contributed by atoms with Crippen LogP contribution in [0.4, 0.5) is 5.69 Å². The number of rotatable bonds is 5. The van der Waals surface area contributed by atoms with Crippen molar-refractivity contribution in [2.75, 3.05) is 12.4 Å². The first kappa shape index (κ1) is 16.3. The highest BCUT2D eigenvalue weighted by Crippen LogP contribution is 2.28. The van der Waals surface area contributed by atoms with Crippen LogP contribution in [0.25, 0.3) is 0 Å². The van der Waals surface area contributed by atoms with Gasteiger partial charge in [-0.15, -0.1) is 0 Å². The smallest absolute Gasteiger partial charge is 0.318 e. The number of carbonyl (C=O) groups excluding carboxylic acids is 1. The van der Waals surface area contributed by atoms with Gasteiger partial charge < -0.3 is 15.2 Å². The summed E-state index contributed by atoms with van der Waals surface area (Å²) in [6, 6.07) is 4.73. The van der Waals surface area contributed by atoms with E-state index >= 15 is 0 Å². The van der Waals surface area contributed by atoms with E-state index in [-0.39, 0.29) is 0 Å². The van der Waals surface area contributed by atoms with Crippen LogP contribution >= 0.6 is 43.5 Å². The summed E-state index contributed by atoms with van der Waals surface area (Å²) in [5, 5.41) is 11.8. The first-order chi connectivity index (χ1) is 8.86. The number of carboxylic acid groups (broad SMARTS) is 1. The molecule has 0 saturated carbocycles. The number of ether oxygens (including phenoxy) is 1. The molecule has 0 bridgehead atoms. The fraction of sp³-hybridized carbons (Fsp3) is 0.273. The van der Waals surface area contributed by atoms with Gasteiger partial charge in [-0.2, -0.15) is 0 Å². The minimum absolute atomic E-state index is 0.370. The monoisotopic (exact) mass is 413 g/mol. The van der Waals surface area contributed by atoms with Crippen LogP contribution in [0.2, 0.25) is 5.02 Å². The molecule has 1 aromatic carbocycles. The highest BCUT2D eigenvalue weighted by molar-refractivity contribution is 9.12. The lowest BCUT2D eigenvalue weighted by Gasteiger charge is -2.15. The molecule has 0 unspecified atom stereocenters. The van der Waals surface area contributed by atoms with Crippen LogP contribution in [0.15, 0.2) is 18.2 Å². The van der Waals surface area contributed by atoms with Crippen molar-refractivity contribution in [3.8, 4) is 5.75 Å². The maximum absolute atomic E-state index is 11.9. The van der Waals surface area contributed by atoms with E-state index in [9.17, 15) is 9.59 Å². The van der Waals surface area contributed by atoms with E-state index in [0.717, 1.165) is 0 Å². The minimum atomic E-state index is -1.14. The Kier molecular flexibility index (Phi) is 6.09. The molecule has 104 valence electrons. The van der Waals surface area contributed by atoms with Gasteiger partial charge in [0.2, 0.25) is 5.91 Å². The number of hydrogen-bond donors (Lipinski definition) is 2. The van der Waals surface area contributed by atoms with Gasteiger partial charge in [0.25, 0.3) is 0 Å². The van der Waals surface area contributed by atoms with Crippen molar-refractivity contribution < 1.29 is 19.4 Å². The fourth-order valence-corrected chi connectivity index (χ4v) is 1.99. The van der Waals surface area contributed by atoms with Crippen LogP contribution in [0, 0.1) is 0 Å². The van der Waals surface area contributed by atoms with E-state index in [4.69, 9.17) is 21.4 Å². The van der Waals surface area contributed by atoms with Gasteiger partial charge in [-0.05, 0) is 18.2 Å². The lowest BCUT2D eigenvalue weighted by molar-refractivity contribution is -0.137. The molecule has 1 rings (SSSR count). The van der Waals surface area contributed by atoms with Gasteiger partial charge >= 0.3 is 5.97 Å². The molecule has 0 aromatic heterocycles. The summed E-state index contributed by atoms with van der Waals surface area (Å²) < 4.78 is 5.07. The zero-order chi connectivity index (χ0) is 14.6. The lowest BCUT2D eigenvalue weighted by atomic mass is 10.2. The van der Waals surface area contributed by atoms with Crippen LogP contribution in [0.5, 0.6) is 5.75 Å². The molecule has 0 saturated heterocycles. The maximum Gasteiger partial charge on any atom is 0.318 e. The summed E-state index contributed by atoms with van der Waals surface area (Å²) in [5.41, 5.74) is 0.370. The molecule has 1 aromatic rings. The number of alkyl halides is 2. The predicted molar refractivity (Wildman–Crippen MR) is 79.7 cm³/mol. The third-order valence-corrected chi connectivity index (χ3v) is 4.97. The van der Waals surface area contributed by atoms with Crippen molar-refractivity contribution in [1.29, 1.82) is 0 Å². The topological polar surface area (TPSA) is 75.6 Å². The van der Waals surface area contributed by atoms with Gasteiger partial charge in [-0.25, -0.2) is 0 Å². The zero-order valence-electron chi connectivity index (χ0n) is 9.69. The van der Waals surface area contributed by atoms with Crippen LogP contribution < -0.4 is 10.1 Å². The van der Waals surface area contributed by atoms with Crippen molar-refractivity contribution in [2.45, 2.75) is 9.65 Å². The number of amides is 1. The number of benzene rings is 1. The molecule has 19 heavy (non-hydrogen) atoms. The van der Waals surface area contributed by atoms with E-state index in [0.29, 0.717) is 16.5 Å². The molecular weight excluding hydrogens is 405 g/mol. The Morgan fingerprint density at radius 2 is 2.00 bits per heavy atom. The SMILES string of the molecule is COc1ccc(Cl)cc1NC(=O)[C@@H](Br)[C@@H](Br)C(=O)O. The molecule has 0 fully saturated rings. The Balaban J connectivity index is 2.87. The van der Waals surface area contributed by atoms with E-state index < -0.39 is 21.5 Å². The largest absolute Gasteiger partial charge is 0.495 e. The zero-order valence-corrected chi connectivity index (χ0v) is 13.6. The summed E-state index contributed by atoms with van der Waals surface area (Å²) >= 11 is 11.8. The van der Waals surface area contributed by atoms with E-state index in [1.54, 1.807) is 12.1 Å². The minimum Gasteiger partial charge on any atom is -0.495 e. The number of nitrogens with one attached hydrogen (secondary N) is 1. The third kappa shape index (κ3) is 4.36. The van der Waals surface area contributed by atoms with Crippen LogP contribution in [-0.4, -0.2) is 33.7 Å². The molecule has 1 amide bonds. The first-order valence-corrected chi connectivity index (χ1v) is 7.23. The molecule has 0 aliphatic rings. The third-order valence-electron chi connectivity index (χ3n) is 2.16. The second-order valence-electron chi connectivity index (χ2n) is 3.48. The van der Waals surface area contributed by atoms with Gasteiger partial charge in [0.05, 0.1) is 12.8 Å². The summed E-state index contributed by atoms with van der Waals surface area (Å²) in [6.45, 7) is 0. The summed E-state index contributed by atoms with van der Waals surface area (Å²) in [6.07, 6.45) is 0. The second kappa shape index (κ2) is 7.12. The quantitative estimate of drug-likeness (QED) is 0.726. The Morgan fingerprint density at radius 1 is 1.37 bits per heavy atom. The standard InChI is InChI=1S/C11H10Br2ClNO4/c1-19-7-3-2-5(14)4-6(7)15-10(16)8(12)9(13)11(17)18/h2-4,8-9H,1H3,(H,15,16)(H,17,18)/t8-,9+/m0/s1. The first-order valence-electron chi connectivity index (χ1n) is 5.02. The fourth-order valence-electron chi connectivity index (χ4n) is 1.24. The Morgan fingerprint density at radius 3 is 2.53 bits per heavy atom. The number of methoxy groups -OCH3 is 1. The molecule has 0 aliphatic carbocycles. The molecule has 0 radical (unpaired) electrons. The van der Waals surface area contributed by atoms with Gasteiger partial charge in [0, 0.05) is 5.02 Å². The maximum atomic E-state index is 11.9. The van der Waals surface area contributed by atoms with Gasteiger partial charge in [-0.3, -0.25) is 9.59 Å². The van der Waals surface area contributed by atoms with Gasteiger partial charge in [0.1, 0.15) is 15.4 Å². The summed E-state index contributed by atoms with van der Waals surface area (Å²) in [7, 11) is 1.45. The average Bonchev–Trinajstić information content (AvgIpc) is 2.37. The van der Waals surface area contributed by atoms with Crippen LogP contribution in [0.3, 0.4) is 0 Å². The van der Waals surface area contributed by atoms with E-state index in [2.05, 4.69) is 37.2 Å². The van der Waals surface area contributed by atoms with Crippen molar-refractivity contribution in [3.63, 3.8) is 0 Å². The molecule has 2 atom stereocenters. The number of anilines is 1.